The van der Waals surface area contributed by atoms with Crippen molar-refractivity contribution >= 4 is 46.7 Å². The number of hydrogen-bond donors (Lipinski definition) is 4. The number of carbonyl (C=O) groups is 2. The van der Waals surface area contributed by atoms with E-state index in [2.05, 4.69) is 33.6 Å². The van der Waals surface area contributed by atoms with E-state index in [4.69, 9.17) is 14.2 Å². The van der Waals surface area contributed by atoms with Crippen LogP contribution in [0.5, 0.6) is 23.0 Å². The van der Waals surface area contributed by atoms with Gasteiger partial charge in [-0.15, -0.1) is 0 Å². The third-order valence-electron chi connectivity index (χ3n) is 7.39. The van der Waals surface area contributed by atoms with E-state index in [1.807, 2.05) is 0 Å². The Hall–Kier alpha value is -4.42. The zero-order valence-corrected chi connectivity index (χ0v) is 25.6. The van der Waals surface area contributed by atoms with Gasteiger partial charge in [-0.2, -0.15) is 12.6 Å². The number of methoxy groups -OCH3 is 1. The lowest BCUT2D eigenvalue weighted by Gasteiger charge is -2.16. The topological polar surface area (TPSA) is 111 Å². The molecule has 0 spiro atoms. The SMILES string of the molecule is COc1cc2c(Oc3ccc(NC(=O)C4(C(=O)Nc5ccc(F)cc5)CC4)cc3F)ccnc2cc1OCCCNCCCS. The van der Waals surface area contributed by atoms with Crippen molar-refractivity contribution in [3.8, 4) is 23.0 Å². The molecule has 1 aromatic heterocycles. The van der Waals surface area contributed by atoms with Gasteiger partial charge >= 0.3 is 0 Å². The summed E-state index contributed by atoms with van der Waals surface area (Å²) in [6, 6.07) is 14.4. The second-order valence-electron chi connectivity index (χ2n) is 10.6. The van der Waals surface area contributed by atoms with Crippen molar-refractivity contribution in [2.24, 2.45) is 5.41 Å². The van der Waals surface area contributed by atoms with Crippen LogP contribution in [0.25, 0.3) is 10.9 Å². The molecular weight excluding hydrogens is 602 g/mol. The van der Waals surface area contributed by atoms with Crippen LogP contribution in [-0.2, 0) is 9.59 Å². The fourth-order valence-electron chi connectivity index (χ4n) is 4.69. The molecule has 0 unspecified atom stereocenters. The standard InChI is InChI=1S/C33H34F2N4O5S/c1-42-29-19-24-26(20-30(29)43-16-2-13-36-14-3-17-45)37-15-10-27(24)44-28-9-8-23(18-25(28)35)39-32(41)33(11-12-33)31(40)38-22-6-4-21(34)5-7-22/h4-10,15,18-20,36,45H,2-3,11-14,16-17H2,1H3,(H,38,40)(H,39,41). The Balaban J connectivity index is 1.23. The van der Waals surface area contributed by atoms with Crippen molar-refractivity contribution < 1.29 is 32.6 Å². The third kappa shape index (κ3) is 7.81. The van der Waals surface area contributed by atoms with Crippen LogP contribution in [0.15, 0.2) is 66.9 Å². The smallest absolute Gasteiger partial charge is 0.240 e. The van der Waals surface area contributed by atoms with E-state index < -0.39 is 28.9 Å². The quantitative estimate of drug-likeness (QED) is 0.0684. The number of anilines is 2. The van der Waals surface area contributed by atoms with E-state index in [-0.39, 0.29) is 11.4 Å². The van der Waals surface area contributed by atoms with Gasteiger partial charge in [-0.1, -0.05) is 0 Å². The summed E-state index contributed by atoms with van der Waals surface area (Å²) in [5.41, 5.74) is -0.152. The number of pyridine rings is 1. The highest BCUT2D eigenvalue weighted by molar-refractivity contribution is 7.80. The average Bonchev–Trinajstić information content (AvgIpc) is 3.85. The molecule has 1 aliphatic rings. The number of thiol groups is 1. The number of benzene rings is 3. The molecule has 4 aromatic rings. The molecule has 1 fully saturated rings. The summed E-state index contributed by atoms with van der Waals surface area (Å²) >= 11 is 4.20. The summed E-state index contributed by atoms with van der Waals surface area (Å²) in [4.78, 5) is 30.3. The summed E-state index contributed by atoms with van der Waals surface area (Å²) in [6.07, 6.45) is 4.05. The number of rotatable bonds is 15. The van der Waals surface area contributed by atoms with E-state index >= 15 is 4.39 Å². The van der Waals surface area contributed by atoms with Crippen molar-refractivity contribution in [1.29, 1.82) is 0 Å². The minimum absolute atomic E-state index is 0.0691. The van der Waals surface area contributed by atoms with Gasteiger partial charge in [0, 0.05) is 35.1 Å². The van der Waals surface area contributed by atoms with Gasteiger partial charge in [0.2, 0.25) is 11.8 Å². The lowest BCUT2D eigenvalue weighted by Crippen LogP contribution is -2.35. The van der Waals surface area contributed by atoms with Gasteiger partial charge in [0.1, 0.15) is 17.0 Å². The van der Waals surface area contributed by atoms with E-state index in [1.165, 1.54) is 43.5 Å². The molecule has 1 aliphatic carbocycles. The van der Waals surface area contributed by atoms with Crippen molar-refractivity contribution in [3.05, 3.63) is 78.5 Å². The maximum atomic E-state index is 15.2. The molecule has 0 bridgehead atoms. The van der Waals surface area contributed by atoms with Crippen LogP contribution in [0.4, 0.5) is 20.2 Å². The second-order valence-corrected chi connectivity index (χ2v) is 11.1. The Labute approximate surface area is 265 Å². The molecule has 45 heavy (non-hydrogen) atoms. The molecule has 0 saturated heterocycles. The van der Waals surface area contributed by atoms with Gasteiger partial charge in [0.15, 0.2) is 23.1 Å². The number of carbonyl (C=O) groups excluding carboxylic acids is 2. The van der Waals surface area contributed by atoms with E-state index in [9.17, 15) is 14.0 Å². The molecule has 1 heterocycles. The number of aromatic nitrogens is 1. The van der Waals surface area contributed by atoms with E-state index in [1.54, 1.807) is 24.4 Å². The number of amides is 2. The largest absolute Gasteiger partial charge is 0.493 e. The van der Waals surface area contributed by atoms with Crippen LogP contribution in [0, 0.1) is 17.0 Å². The highest BCUT2D eigenvalue weighted by Crippen LogP contribution is 2.47. The maximum absolute atomic E-state index is 15.2. The Morgan fingerprint density at radius 1 is 0.867 bits per heavy atom. The van der Waals surface area contributed by atoms with Crippen LogP contribution in [0.1, 0.15) is 25.7 Å². The van der Waals surface area contributed by atoms with Crippen LogP contribution < -0.4 is 30.2 Å². The maximum Gasteiger partial charge on any atom is 0.240 e. The molecular formula is C33H34F2N4O5S. The highest BCUT2D eigenvalue weighted by Gasteiger charge is 2.56. The molecule has 2 amide bonds. The molecule has 3 N–H and O–H groups in total. The number of fused-ring (bicyclic) bond motifs is 1. The fraction of sp³-hybridized carbons (Fsp3) is 0.303. The first kappa shape index (κ1) is 32.0. The molecule has 12 heteroatoms. The molecule has 0 atom stereocenters. The average molecular weight is 637 g/mol. The molecule has 0 radical (unpaired) electrons. The number of nitrogens with zero attached hydrogens (tertiary/aromatic N) is 1. The van der Waals surface area contributed by atoms with Crippen molar-refractivity contribution in [1.82, 2.24) is 10.3 Å². The van der Waals surface area contributed by atoms with Gasteiger partial charge in [-0.3, -0.25) is 14.6 Å². The summed E-state index contributed by atoms with van der Waals surface area (Å²) in [7, 11) is 1.54. The van der Waals surface area contributed by atoms with Gasteiger partial charge in [-0.25, -0.2) is 8.78 Å². The Morgan fingerprint density at radius 3 is 2.27 bits per heavy atom. The number of halogens is 2. The molecule has 236 valence electrons. The summed E-state index contributed by atoms with van der Waals surface area (Å²) in [5, 5.41) is 9.21. The van der Waals surface area contributed by atoms with Crippen molar-refractivity contribution in [2.75, 3.05) is 43.2 Å². The third-order valence-corrected chi connectivity index (χ3v) is 7.70. The zero-order valence-electron chi connectivity index (χ0n) is 24.7. The molecule has 1 saturated carbocycles. The van der Waals surface area contributed by atoms with Gasteiger partial charge in [0.25, 0.3) is 0 Å². The Kier molecular flexibility index (Phi) is 10.4. The van der Waals surface area contributed by atoms with Crippen molar-refractivity contribution in [3.63, 3.8) is 0 Å². The number of nitrogens with one attached hydrogen (secondary N) is 3. The van der Waals surface area contributed by atoms with Crippen LogP contribution >= 0.6 is 12.6 Å². The normalized spacial score (nSPS) is 13.2. The minimum Gasteiger partial charge on any atom is -0.493 e. The van der Waals surface area contributed by atoms with Gasteiger partial charge in [0.05, 0.1) is 19.2 Å². The molecule has 0 aliphatic heterocycles. The second kappa shape index (κ2) is 14.6. The van der Waals surface area contributed by atoms with Gasteiger partial charge in [-0.05, 0) is 93.1 Å². The van der Waals surface area contributed by atoms with Crippen LogP contribution in [-0.4, -0.2) is 49.4 Å². The summed E-state index contributed by atoms with van der Waals surface area (Å²) in [6.45, 7) is 2.22. The lowest BCUT2D eigenvalue weighted by molar-refractivity contribution is -0.131. The number of hydrogen-bond acceptors (Lipinski definition) is 8. The van der Waals surface area contributed by atoms with Crippen molar-refractivity contribution in [2.45, 2.75) is 25.7 Å². The first-order valence-corrected chi connectivity index (χ1v) is 15.2. The van der Waals surface area contributed by atoms with E-state index in [0.717, 1.165) is 37.8 Å². The molecule has 9 nitrogen and oxygen atoms in total. The molecule has 5 rings (SSSR count). The summed E-state index contributed by atoms with van der Waals surface area (Å²) in [5.74, 6) is -0.0566. The van der Waals surface area contributed by atoms with Crippen LogP contribution in [0.2, 0.25) is 0 Å². The van der Waals surface area contributed by atoms with E-state index in [0.29, 0.717) is 53.3 Å². The Bertz CT molecular complexity index is 1670. The molecule has 3 aromatic carbocycles. The fourth-order valence-corrected chi connectivity index (χ4v) is 4.85. The zero-order chi connectivity index (χ0) is 31.8. The predicted molar refractivity (Wildman–Crippen MR) is 172 cm³/mol. The van der Waals surface area contributed by atoms with Gasteiger partial charge < -0.3 is 30.2 Å². The summed E-state index contributed by atoms with van der Waals surface area (Å²) < 4.78 is 45.8. The number of ether oxygens (including phenoxy) is 3. The first-order valence-electron chi connectivity index (χ1n) is 14.6. The highest BCUT2D eigenvalue weighted by atomic mass is 32.1. The monoisotopic (exact) mass is 636 g/mol. The predicted octanol–water partition coefficient (Wildman–Crippen LogP) is 6.35. The minimum atomic E-state index is -1.28. The van der Waals surface area contributed by atoms with Crippen LogP contribution in [0.3, 0.4) is 0 Å². The first-order chi connectivity index (χ1) is 21.8. The lowest BCUT2D eigenvalue weighted by atomic mass is 10.0. The Morgan fingerprint density at radius 2 is 1.58 bits per heavy atom.